The molecule has 7 heteroatoms. The molecule has 1 aliphatic heterocycles. The van der Waals surface area contributed by atoms with Crippen LogP contribution in [0.3, 0.4) is 0 Å². The highest BCUT2D eigenvalue weighted by Crippen LogP contribution is 2.44. The third-order valence-electron chi connectivity index (χ3n) is 4.45. The van der Waals surface area contributed by atoms with Crippen LogP contribution in [0.5, 0.6) is 0 Å². The summed E-state index contributed by atoms with van der Waals surface area (Å²) in [5, 5.41) is 13.5. The van der Waals surface area contributed by atoms with Gasteiger partial charge < -0.3 is 10.6 Å². The highest BCUT2D eigenvalue weighted by molar-refractivity contribution is 7.19. The fourth-order valence-electron chi connectivity index (χ4n) is 3.30. The van der Waals surface area contributed by atoms with Crippen LogP contribution in [0.15, 0.2) is 24.3 Å². The Hall–Kier alpha value is -2.67. The number of aromatic nitrogens is 2. The summed E-state index contributed by atoms with van der Waals surface area (Å²) in [5.41, 5.74) is 2.34. The summed E-state index contributed by atoms with van der Waals surface area (Å²) in [6, 6.07) is 8.19. The number of H-pyrrole nitrogens is 1. The Labute approximate surface area is 142 Å². The number of anilines is 1. The number of hydrogen-bond donors (Lipinski definition) is 3. The first-order valence-corrected chi connectivity index (χ1v) is 8.50. The molecule has 1 aromatic carbocycles. The fraction of sp³-hybridized carbons (Fsp3) is 0.235. The third-order valence-corrected chi connectivity index (χ3v) is 5.84. The Morgan fingerprint density at radius 1 is 1.38 bits per heavy atom. The normalized spacial score (nSPS) is 16.8. The smallest absolute Gasteiger partial charge is 0.269 e. The molecule has 1 unspecified atom stereocenters. The van der Waals surface area contributed by atoms with E-state index in [-0.39, 0.29) is 17.7 Å². The van der Waals surface area contributed by atoms with Crippen molar-refractivity contribution in [3.8, 4) is 0 Å². The lowest BCUT2D eigenvalue weighted by Crippen LogP contribution is -2.26. The zero-order chi connectivity index (χ0) is 16.8. The molecule has 0 fully saturated rings. The van der Waals surface area contributed by atoms with Gasteiger partial charge in [-0.3, -0.25) is 14.7 Å². The SMILES string of the molecule is CNC(=O)c1[nH]nc2c1C(c1sc3ccccc3c1C)CC(=O)N2. The van der Waals surface area contributed by atoms with Crippen molar-refractivity contribution in [2.45, 2.75) is 19.3 Å². The van der Waals surface area contributed by atoms with Gasteiger partial charge in [0, 0.05) is 34.5 Å². The van der Waals surface area contributed by atoms with Crippen molar-refractivity contribution in [1.82, 2.24) is 15.5 Å². The molecule has 3 aromatic rings. The van der Waals surface area contributed by atoms with Crippen molar-refractivity contribution >= 4 is 39.1 Å². The first kappa shape index (κ1) is 14.9. The molecule has 2 aromatic heterocycles. The van der Waals surface area contributed by atoms with Crippen LogP contribution in [0.1, 0.15) is 38.8 Å². The van der Waals surface area contributed by atoms with Crippen molar-refractivity contribution in [2.24, 2.45) is 0 Å². The molecule has 4 rings (SSSR count). The molecular formula is C17H16N4O2S. The van der Waals surface area contributed by atoms with Crippen LogP contribution in [-0.2, 0) is 4.79 Å². The summed E-state index contributed by atoms with van der Waals surface area (Å²) in [5.74, 6) is -0.0353. The average Bonchev–Trinajstić information content (AvgIpc) is 3.15. The second kappa shape index (κ2) is 5.45. The topological polar surface area (TPSA) is 86.9 Å². The zero-order valence-electron chi connectivity index (χ0n) is 13.3. The van der Waals surface area contributed by atoms with Crippen LogP contribution in [0.25, 0.3) is 10.1 Å². The van der Waals surface area contributed by atoms with Crippen molar-refractivity contribution in [3.63, 3.8) is 0 Å². The maximum Gasteiger partial charge on any atom is 0.269 e. The predicted octanol–water partition coefficient (Wildman–Crippen LogP) is 2.77. The molecule has 0 bridgehead atoms. The quantitative estimate of drug-likeness (QED) is 0.670. The summed E-state index contributed by atoms with van der Waals surface area (Å²) in [6.07, 6.45) is 0.310. The summed E-state index contributed by atoms with van der Waals surface area (Å²) in [6.45, 7) is 2.07. The number of amides is 2. The van der Waals surface area contributed by atoms with Gasteiger partial charge in [0.2, 0.25) is 5.91 Å². The Balaban J connectivity index is 1.92. The fourth-order valence-corrected chi connectivity index (χ4v) is 4.62. The number of rotatable bonds is 2. The minimum atomic E-state index is -0.233. The first-order chi connectivity index (χ1) is 11.6. The van der Waals surface area contributed by atoms with Gasteiger partial charge in [0.25, 0.3) is 5.91 Å². The number of benzene rings is 1. The van der Waals surface area contributed by atoms with E-state index in [9.17, 15) is 9.59 Å². The van der Waals surface area contributed by atoms with Crippen molar-refractivity contribution in [1.29, 1.82) is 0 Å². The molecule has 3 heterocycles. The van der Waals surface area contributed by atoms with E-state index in [0.717, 1.165) is 16.0 Å². The second-order valence-electron chi connectivity index (χ2n) is 5.83. The number of nitrogens with zero attached hydrogens (tertiary/aromatic N) is 1. The van der Waals surface area contributed by atoms with Gasteiger partial charge in [0.15, 0.2) is 5.82 Å². The summed E-state index contributed by atoms with van der Waals surface area (Å²) in [4.78, 5) is 25.4. The Morgan fingerprint density at radius 3 is 2.92 bits per heavy atom. The molecule has 0 aliphatic carbocycles. The highest BCUT2D eigenvalue weighted by Gasteiger charge is 2.35. The number of carbonyl (C=O) groups is 2. The molecule has 0 spiro atoms. The van der Waals surface area contributed by atoms with Crippen molar-refractivity contribution in [3.05, 3.63) is 46.0 Å². The number of hydrogen-bond acceptors (Lipinski definition) is 4. The Bertz CT molecular complexity index is 972. The van der Waals surface area contributed by atoms with Gasteiger partial charge in [-0.05, 0) is 23.9 Å². The van der Waals surface area contributed by atoms with Crippen LogP contribution in [0.4, 0.5) is 5.82 Å². The maximum absolute atomic E-state index is 12.2. The van der Waals surface area contributed by atoms with Crippen LogP contribution in [0.2, 0.25) is 0 Å². The molecule has 1 aliphatic rings. The average molecular weight is 340 g/mol. The number of carbonyl (C=O) groups excluding carboxylic acids is 2. The largest absolute Gasteiger partial charge is 0.354 e. The van der Waals surface area contributed by atoms with Gasteiger partial charge in [-0.25, -0.2) is 0 Å². The van der Waals surface area contributed by atoms with Crippen molar-refractivity contribution < 1.29 is 9.59 Å². The van der Waals surface area contributed by atoms with Gasteiger partial charge in [0.05, 0.1) is 0 Å². The lowest BCUT2D eigenvalue weighted by atomic mass is 9.88. The summed E-state index contributed by atoms with van der Waals surface area (Å²) in [7, 11) is 1.58. The van der Waals surface area contributed by atoms with E-state index in [4.69, 9.17) is 0 Å². The molecule has 0 saturated carbocycles. The van der Waals surface area contributed by atoms with Gasteiger partial charge >= 0.3 is 0 Å². The highest BCUT2D eigenvalue weighted by atomic mass is 32.1. The Morgan fingerprint density at radius 2 is 2.17 bits per heavy atom. The van der Waals surface area contributed by atoms with E-state index in [1.165, 1.54) is 10.1 Å². The standard InChI is InChI=1S/C17H16N4O2S/c1-8-9-5-3-4-6-11(9)24-15(8)10-7-12(22)19-16-13(10)14(20-21-16)17(23)18-2/h3-6,10H,7H2,1-2H3,(H,18,23)(H2,19,20,21,22). The number of aryl methyl sites for hydroxylation is 1. The molecule has 0 radical (unpaired) electrons. The number of fused-ring (bicyclic) bond motifs is 2. The summed E-state index contributed by atoms with van der Waals surface area (Å²) < 4.78 is 1.18. The van der Waals surface area contributed by atoms with E-state index in [1.807, 2.05) is 12.1 Å². The van der Waals surface area contributed by atoms with Crippen LogP contribution in [-0.4, -0.2) is 29.1 Å². The lowest BCUT2D eigenvalue weighted by Gasteiger charge is -2.22. The molecular weight excluding hydrogens is 324 g/mol. The third kappa shape index (κ3) is 2.12. The van der Waals surface area contributed by atoms with Crippen LogP contribution >= 0.6 is 11.3 Å². The van der Waals surface area contributed by atoms with Gasteiger partial charge in [-0.1, -0.05) is 18.2 Å². The second-order valence-corrected chi connectivity index (χ2v) is 6.92. The predicted molar refractivity (Wildman–Crippen MR) is 93.6 cm³/mol. The maximum atomic E-state index is 12.2. The van der Waals surface area contributed by atoms with Crippen LogP contribution in [0, 0.1) is 6.92 Å². The van der Waals surface area contributed by atoms with Crippen molar-refractivity contribution in [2.75, 3.05) is 12.4 Å². The monoisotopic (exact) mass is 340 g/mol. The minimum absolute atomic E-state index is 0.0840. The lowest BCUT2D eigenvalue weighted by molar-refractivity contribution is -0.116. The number of aromatic amines is 1. The molecule has 1 atom stereocenters. The zero-order valence-corrected chi connectivity index (χ0v) is 14.1. The minimum Gasteiger partial charge on any atom is -0.354 e. The van der Waals surface area contributed by atoms with Gasteiger partial charge in [-0.15, -0.1) is 11.3 Å². The van der Waals surface area contributed by atoms with E-state index in [2.05, 4.69) is 39.9 Å². The first-order valence-electron chi connectivity index (χ1n) is 7.68. The summed E-state index contributed by atoms with van der Waals surface area (Å²) >= 11 is 1.67. The molecule has 0 saturated heterocycles. The van der Waals surface area contributed by atoms with E-state index < -0.39 is 0 Å². The number of nitrogens with one attached hydrogen (secondary N) is 3. The van der Waals surface area contributed by atoms with Crippen LogP contribution < -0.4 is 10.6 Å². The van der Waals surface area contributed by atoms with Gasteiger partial charge in [-0.2, -0.15) is 5.10 Å². The molecule has 6 nitrogen and oxygen atoms in total. The van der Waals surface area contributed by atoms with E-state index in [1.54, 1.807) is 18.4 Å². The number of thiophene rings is 1. The molecule has 2 amide bonds. The van der Waals surface area contributed by atoms with E-state index in [0.29, 0.717) is 17.9 Å². The van der Waals surface area contributed by atoms with E-state index >= 15 is 0 Å². The molecule has 3 N–H and O–H groups in total. The van der Waals surface area contributed by atoms with Gasteiger partial charge in [0.1, 0.15) is 5.69 Å². The molecule has 24 heavy (non-hydrogen) atoms. The Kier molecular flexibility index (Phi) is 3.38. The molecule has 122 valence electrons.